The van der Waals surface area contributed by atoms with E-state index in [-0.39, 0.29) is 12.5 Å². The standard InChI is InChI=1S/C14H19NO3S/c1-2-19-9-8-13(16)15-10-12(14(17)18)11-6-4-3-5-7-11/h3-7,12H,2,8-10H2,1H3,(H,15,16)(H,17,18)/t12-/m1/s1. The maximum absolute atomic E-state index is 11.6. The van der Waals surface area contributed by atoms with Gasteiger partial charge < -0.3 is 10.4 Å². The Hall–Kier alpha value is -1.49. The molecular weight excluding hydrogens is 262 g/mol. The number of thioether (sulfide) groups is 1. The second kappa shape index (κ2) is 8.58. The van der Waals surface area contributed by atoms with Crippen LogP contribution in [0.2, 0.25) is 0 Å². The summed E-state index contributed by atoms with van der Waals surface area (Å²) in [6.45, 7) is 2.17. The van der Waals surface area contributed by atoms with Crippen LogP contribution in [0.4, 0.5) is 0 Å². The predicted molar refractivity (Wildman–Crippen MR) is 77.4 cm³/mol. The van der Waals surface area contributed by atoms with E-state index in [1.165, 1.54) is 0 Å². The second-order valence-corrected chi connectivity index (χ2v) is 5.45. The summed E-state index contributed by atoms with van der Waals surface area (Å²) in [5.41, 5.74) is 0.707. The lowest BCUT2D eigenvalue weighted by Gasteiger charge is -2.13. The number of carboxylic acid groups (broad SMARTS) is 1. The van der Waals surface area contributed by atoms with Gasteiger partial charge in [0.25, 0.3) is 0 Å². The van der Waals surface area contributed by atoms with Crippen molar-refractivity contribution in [1.82, 2.24) is 5.32 Å². The number of amides is 1. The summed E-state index contributed by atoms with van der Waals surface area (Å²) in [4.78, 5) is 22.8. The fraction of sp³-hybridized carbons (Fsp3) is 0.429. The highest BCUT2D eigenvalue weighted by atomic mass is 32.2. The predicted octanol–water partition coefficient (Wildman–Crippen LogP) is 2.11. The van der Waals surface area contributed by atoms with Gasteiger partial charge in [-0.15, -0.1) is 0 Å². The first-order chi connectivity index (χ1) is 9.15. The molecule has 0 aliphatic rings. The van der Waals surface area contributed by atoms with Gasteiger partial charge in [0, 0.05) is 18.7 Å². The third-order valence-corrected chi connectivity index (χ3v) is 3.58. The highest BCUT2D eigenvalue weighted by molar-refractivity contribution is 7.99. The minimum absolute atomic E-state index is 0.0943. The summed E-state index contributed by atoms with van der Waals surface area (Å²) in [7, 11) is 0. The lowest BCUT2D eigenvalue weighted by atomic mass is 9.99. The molecule has 5 heteroatoms. The van der Waals surface area contributed by atoms with Crippen molar-refractivity contribution in [2.45, 2.75) is 19.3 Å². The summed E-state index contributed by atoms with van der Waals surface area (Å²) < 4.78 is 0. The van der Waals surface area contributed by atoms with Gasteiger partial charge in [0.1, 0.15) is 0 Å². The Balaban J connectivity index is 2.47. The van der Waals surface area contributed by atoms with Crippen molar-refractivity contribution in [1.29, 1.82) is 0 Å². The zero-order chi connectivity index (χ0) is 14.1. The quantitative estimate of drug-likeness (QED) is 0.716. The number of aliphatic carboxylic acids is 1. The molecule has 4 nitrogen and oxygen atoms in total. The number of hydrogen-bond donors (Lipinski definition) is 2. The Kier molecular flexibility index (Phi) is 7.03. The van der Waals surface area contributed by atoms with E-state index in [2.05, 4.69) is 5.32 Å². The Bertz CT molecular complexity index is 408. The molecule has 0 saturated heterocycles. The monoisotopic (exact) mass is 281 g/mol. The van der Waals surface area contributed by atoms with E-state index in [0.717, 1.165) is 11.5 Å². The fourth-order valence-electron chi connectivity index (χ4n) is 1.65. The summed E-state index contributed by atoms with van der Waals surface area (Å²) in [5.74, 6) is 0.0435. The van der Waals surface area contributed by atoms with Gasteiger partial charge in [-0.05, 0) is 11.3 Å². The van der Waals surface area contributed by atoms with Crippen molar-refractivity contribution in [2.75, 3.05) is 18.1 Å². The van der Waals surface area contributed by atoms with E-state index in [4.69, 9.17) is 0 Å². The molecule has 0 unspecified atom stereocenters. The van der Waals surface area contributed by atoms with Crippen molar-refractivity contribution in [3.8, 4) is 0 Å². The van der Waals surface area contributed by atoms with Crippen LogP contribution in [0, 0.1) is 0 Å². The minimum atomic E-state index is -0.922. The Morgan fingerprint density at radius 3 is 2.58 bits per heavy atom. The van der Waals surface area contributed by atoms with Crippen LogP contribution in [0.3, 0.4) is 0 Å². The van der Waals surface area contributed by atoms with E-state index in [0.29, 0.717) is 12.0 Å². The van der Waals surface area contributed by atoms with Gasteiger partial charge in [-0.2, -0.15) is 11.8 Å². The molecule has 0 aliphatic carbocycles. The van der Waals surface area contributed by atoms with Gasteiger partial charge >= 0.3 is 5.97 Å². The molecular formula is C14H19NO3S. The largest absolute Gasteiger partial charge is 0.481 e. The molecule has 0 heterocycles. The molecule has 0 spiro atoms. The van der Waals surface area contributed by atoms with Crippen LogP contribution < -0.4 is 5.32 Å². The Morgan fingerprint density at radius 2 is 2.00 bits per heavy atom. The summed E-state index contributed by atoms with van der Waals surface area (Å²) in [6.07, 6.45) is 0.430. The average Bonchev–Trinajstić information content (AvgIpc) is 2.40. The number of nitrogens with one attached hydrogen (secondary N) is 1. The van der Waals surface area contributed by atoms with Crippen LogP contribution in [-0.2, 0) is 9.59 Å². The first kappa shape index (κ1) is 15.6. The number of carbonyl (C=O) groups is 2. The molecule has 2 N–H and O–H groups in total. The molecule has 0 aromatic heterocycles. The molecule has 1 atom stereocenters. The van der Waals surface area contributed by atoms with E-state index < -0.39 is 11.9 Å². The number of rotatable bonds is 8. The number of hydrogen-bond acceptors (Lipinski definition) is 3. The van der Waals surface area contributed by atoms with E-state index in [1.54, 1.807) is 36.0 Å². The fourth-order valence-corrected chi connectivity index (χ4v) is 2.26. The molecule has 1 aromatic carbocycles. The van der Waals surface area contributed by atoms with Crippen LogP contribution in [0.5, 0.6) is 0 Å². The normalized spacial score (nSPS) is 11.8. The number of benzene rings is 1. The van der Waals surface area contributed by atoms with Crippen molar-refractivity contribution in [2.24, 2.45) is 0 Å². The molecule has 0 aliphatic heterocycles. The molecule has 1 rings (SSSR count). The van der Waals surface area contributed by atoms with Crippen molar-refractivity contribution >= 4 is 23.6 Å². The first-order valence-corrected chi connectivity index (χ1v) is 7.42. The van der Waals surface area contributed by atoms with Crippen LogP contribution >= 0.6 is 11.8 Å². The molecule has 0 fully saturated rings. The minimum Gasteiger partial charge on any atom is -0.481 e. The van der Waals surface area contributed by atoms with Gasteiger partial charge in [0.15, 0.2) is 0 Å². The lowest BCUT2D eigenvalue weighted by molar-refractivity contribution is -0.138. The molecule has 19 heavy (non-hydrogen) atoms. The maximum Gasteiger partial charge on any atom is 0.312 e. The molecule has 1 aromatic rings. The molecule has 0 saturated carbocycles. The lowest BCUT2D eigenvalue weighted by Crippen LogP contribution is -2.31. The Morgan fingerprint density at radius 1 is 1.32 bits per heavy atom. The van der Waals surface area contributed by atoms with Gasteiger partial charge in [-0.3, -0.25) is 9.59 Å². The third kappa shape index (κ3) is 5.79. The van der Waals surface area contributed by atoms with Crippen molar-refractivity contribution in [3.63, 3.8) is 0 Å². The molecule has 1 amide bonds. The van der Waals surface area contributed by atoms with E-state index in [9.17, 15) is 14.7 Å². The zero-order valence-electron chi connectivity index (χ0n) is 11.0. The summed E-state index contributed by atoms with van der Waals surface area (Å²) in [6, 6.07) is 8.95. The Labute approximate surface area is 117 Å². The zero-order valence-corrected chi connectivity index (χ0v) is 11.8. The van der Waals surface area contributed by atoms with Gasteiger partial charge in [-0.1, -0.05) is 37.3 Å². The van der Waals surface area contributed by atoms with Crippen molar-refractivity contribution < 1.29 is 14.7 Å². The van der Waals surface area contributed by atoms with Crippen LogP contribution in [0.1, 0.15) is 24.8 Å². The van der Waals surface area contributed by atoms with Gasteiger partial charge in [-0.25, -0.2) is 0 Å². The highest BCUT2D eigenvalue weighted by Crippen LogP contribution is 2.14. The topological polar surface area (TPSA) is 66.4 Å². The van der Waals surface area contributed by atoms with E-state index in [1.807, 2.05) is 13.0 Å². The SMILES string of the molecule is CCSCCC(=O)NC[C@@H](C(=O)O)c1ccccc1. The first-order valence-electron chi connectivity index (χ1n) is 6.27. The average molecular weight is 281 g/mol. The second-order valence-electron chi connectivity index (χ2n) is 4.05. The van der Waals surface area contributed by atoms with Crippen molar-refractivity contribution in [3.05, 3.63) is 35.9 Å². The van der Waals surface area contributed by atoms with Gasteiger partial charge in [0.05, 0.1) is 5.92 Å². The van der Waals surface area contributed by atoms with Crippen LogP contribution in [-0.4, -0.2) is 35.0 Å². The smallest absolute Gasteiger partial charge is 0.312 e. The van der Waals surface area contributed by atoms with E-state index >= 15 is 0 Å². The maximum atomic E-state index is 11.6. The van der Waals surface area contributed by atoms with Crippen LogP contribution in [0.25, 0.3) is 0 Å². The summed E-state index contributed by atoms with van der Waals surface area (Å²) in [5, 5.41) is 11.9. The third-order valence-electron chi connectivity index (χ3n) is 2.68. The van der Waals surface area contributed by atoms with Gasteiger partial charge in [0.2, 0.25) is 5.91 Å². The number of carbonyl (C=O) groups excluding carboxylic acids is 1. The summed E-state index contributed by atoms with van der Waals surface area (Å²) >= 11 is 1.70. The van der Waals surface area contributed by atoms with Crippen LogP contribution in [0.15, 0.2) is 30.3 Å². The molecule has 104 valence electrons. The molecule has 0 radical (unpaired) electrons. The molecule has 0 bridgehead atoms. The highest BCUT2D eigenvalue weighted by Gasteiger charge is 2.20. The number of carboxylic acids is 1.